The van der Waals surface area contributed by atoms with Crippen molar-refractivity contribution >= 4 is 5.91 Å². The first-order chi connectivity index (χ1) is 9.06. The maximum absolute atomic E-state index is 13.0. The Labute approximate surface area is 112 Å². The number of amides is 1. The Hall–Kier alpha value is -2.16. The zero-order valence-electron chi connectivity index (χ0n) is 11.0. The fourth-order valence-electron chi connectivity index (χ4n) is 1.87. The van der Waals surface area contributed by atoms with Crippen LogP contribution in [-0.4, -0.2) is 5.91 Å². The van der Waals surface area contributed by atoms with Gasteiger partial charge in [-0.05, 0) is 43.2 Å². The normalized spacial score (nSPS) is 10.3. The van der Waals surface area contributed by atoms with Crippen molar-refractivity contribution in [3.8, 4) is 0 Å². The fraction of sp³-hybridized carbons (Fsp3) is 0.188. The summed E-state index contributed by atoms with van der Waals surface area (Å²) in [5.41, 5.74) is 3.37. The summed E-state index contributed by atoms with van der Waals surface area (Å²) in [5.74, 6) is -0.509. The van der Waals surface area contributed by atoms with Gasteiger partial charge in [0.25, 0.3) is 5.91 Å². The summed E-state index contributed by atoms with van der Waals surface area (Å²) in [6, 6.07) is 12.1. The molecule has 0 unspecified atom stereocenters. The summed E-state index contributed by atoms with van der Waals surface area (Å²) in [4.78, 5) is 12.0. The van der Waals surface area contributed by atoms with E-state index in [4.69, 9.17) is 0 Å². The van der Waals surface area contributed by atoms with Gasteiger partial charge in [0.15, 0.2) is 0 Å². The lowest BCUT2D eigenvalue weighted by Gasteiger charge is -2.08. The maximum atomic E-state index is 13.0. The van der Waals surface area contributed by atoms with E-state index >= 15 is 0 Å². The first-order valence-corrected chi connectivity index (χ1v) is 6.16. The van der Waals surface area contributed by atoms with Gasteiger partial charge in [0.05, 0.1) is 0 Å². The van der Waals surface area contributed by atoms with Crippen molar-refractivity contribution in [3.05, 3.63) is 70.5 Å². The van der Waals surface area contributed by atoms with Gasteiger partial charge in [0, 0.05) is 12.1 Å². The highest BCUT2D eigenvalue weighted by Gasteiger charge is 2.09. The van der Waals surface area contributed by atoms with Gasteiger partial charge < -0.3 is 5.32 Å². The highest BCUT2D eigenvalue weighted by molar-refractivity contribution is 5.95. The molecule has 0 saturated heterocycles. The third kappa shape index (κ3) is 3.41. The predicted octanol–water partition coefficient (Wildman–Crippen LogP) is 3.37. The molecule has 2 nitrogen and oxygen atoms in total. The standard InChI is InChI=1S/C16H16FNO/c1-11-3-5-13(6-4-11)10-18-16(19)15-8-7-14(17)9-12(15)2/h3-9H,10H2,1-2H3,(H,18,19). The lowest BCUT2D eigenvalue weighted by molar-refractivity contribution is 0.0950. The van der Waals surface area contributed by atoms with Crippen LogP contribution in [0.25, 0.3) is 0 Å². The van der Waals surface area contributed by atoms with Crippen LogP contribution in [0.4, 0.5) is 4.39 Å². The van der Waals surface area contributed by atoms with Crippen LogP contribution < -0.4 is 5.32 Å². The lowest BCUT2D eigenvalue weighted by Crippen LogP contribution is -2.23. The molecule has 3 heteroatoms. The fourth-order valence-corrected chi connectivity index (χ4v) is 1.87. The van der Waals surface area contributed by atoms with Gasteiger partial charge in [0.1, 0.15) is 5.82 Å². The first kappa shape index (κ1) is 13.3. The second-order valence-electron chi connectivity index (χ2n) is 4.63. The smallest absolute Gasteiger partial charge is 0.251 e. The van der Waals surface area contributed by atoms with Crippen LogP contribution in [0.15, 0.2) is 42.5 Å². The quantitative estimate of drug-likeness (QED) is 0.897. The van der Waals surface area contributed by atoms with E-state index in [1.807, 2.05) is 31.2 Å². The number of carbonyl (C=O) groups is 1. The van der Waals surface area contributed by atoms with Crippen molar-refractivity contribution in [2.24, 2.45) is 0 Å². The van der Waals surface area contributed by atoms with Gasteiger partial charge in [-0.3, -0.25) is 4.79 Å². The molecule has 98 valence electrons. The van der Waals surface area contributed by atoms with Gasteiger partial charge >= 0.3 is 0 Å². The van der Waals surface area contributed by atoms with Crippen LogP contribution in [0.5, 0.6) is 0 Å². The average molecular weight is 257 g/mol. The monoisotopic (exact) mass is 257 g/mol. The first-order valence-electron chi connectivity index (χ1n) is 6.16. The summed E-state index contributed by atoms with van der Waals surface area (Å²) in [5, 5.41) is 2.83. The molecule has 0 spiro atoms. The van der Waals surface area contributed by atoms with E-state index in [2.05, 4.69) is 5.32 Å². The lowest BCUT2D eigenvalue weighted by atomic mass is 10.1. The predicted molar refractivity (Wildman–Crippen MR) is 73.5 cm³/mol. The second kappa shape index (κ2) is 5.65. The molecule has 2 aromatic rings. The summed E-state index contributed by atoms with van der Waals surface area (Å²) < 4.78 is 13.0. The van der Waals surface area contributed by atoms with Crippen LogP contribution in [0.1, 0.15) is 27.0 Å². The molecule has 0 aliphatic heterocycles. The number of nitrogens with one attached hydrogen (secondary N) is 1. The van der Waals surface area contributed by atoms with Crippen molar-refractivity contribution < 1.29 is 9.18 Å². The molecular weight excluding hydrogens is 241 g/mol. The van der Waals surface area contributed by atoms with Crippen LogP contribution in [0.2, 0.25) is 0 Å². The van der Waals surface area contributed by atoms with E-state index in [1.165, 1.54) is 23.8 Å². The number of carbonyl (C=O) groups excluding carboxylic acids is 1. The van der Waals surface area contributed by atoms with Crippen molar-refractivity contribution in [1.29, 1.82) is 0 Å². The van der Waals surface area contributed by atoms with Gasteiger partial charge in [-0.2, -0.15) is 0 Å². The van der Waals surface area contributed by atoms with Crippen LogP contribution in [0, 0.1) is 19.7 Å². The van der Waals surface area contributed by atoms with E-state index in [-0.39, 0.29) is 11.7 Å². The number of rotatable bonds is 3. The Kier molecular flexibility index (Phi) is 3.95. The van der Waals surface area contributed by atoms with E-state index in [1.54, 1.807) is 6.92 Å². The van der Waals surface area contributed by atoms with E-state index < -0.39 is 0 Å². The van der Waals surface area contributed by atoms with Gasteiger partial charge in [-0.15, -0.1) is 0 Å². The number of hydrogen-bond acceptors (Lipinski definition) is 1. The molecule has 1 N–H and O–H groups in total. The summed E-state index contributed by atoms with van der Waals surface area (Å²) in [6.45, 7) is 4.21. The highest BCUT2D eigenvalue weighted by atomic mass is 19.1. The Bertz CT molecular complexity index is 590. The molecule has 0 fully saturated rings. The van der Waals surface area contributed by atoms with Crippen LogP contribution >= 0.6 is 0 Å². The molecule has 0 radical (unpaired) electrons. The maximum Gasteiger partial charge on any atom is 0.251 e. The Morgan fingerprint density at radius 1 is 1.11 bits per heavy atom. The average Bonchev–Trinajstić information content (AvgIpc) is 2.37. The molecular formula is C16H16FNO. The summed E-state index contributed by atoms with van der Waals surface area (Å²) in [7, 11) is 0. The zero-order valence-corrected chi connectivity index (χ0v) is 11.0. The molecule has 0 aliphatic carbocycles. The number of hydrogen-bond donors (Lipinski definition) is 1. The van der Waals surface area contributed by atoms with E-state index in [0.29, 0.717) is 17.7 Å². The van der Waals surface area contributed by atoms with Crippen LogP contribution in [-0.2, 0) is 6.54 Å². The topological polar surface area (TPSA) is 29.1 Å². The Morgan fingerprint density at radius 2 is 1.79 bits per heavy atom. The largest absolute Gasteiger partial charge is 0.348 e. The molecule has 0 atom stereocenters. The zero-order chi connectivity index (χ0) is 13.8. The molecule has 1 amide bonds. The number of benzene rings is 2. The minimum absolute atomic E-state index is 0.182. The third-order valence-electron chi connectivity index (χ3n) is 3.01. The molecule has 2 rings (SSSR count). The summed E-state index contributed by atoms with van der Waals surface area (Å²) >= 11 is 0. The van der Waals surface area contributed by atoms with E-state index in [9.17, 15) is 9.18 Å². The van der Waals surface area contributed by atoms with Crippen molar-refractivity contribution in [2.45, 2.75) is 20.4 Å². The van der Waals surface area contributed by atoms with Gasteiger partial charge in [-0.1, -0.05) is 29.8 Å². The number of halogens is 1. The van der Waals surface area contributed by atoms with Gasteiger partial charge in [-0.25, -0.2) is 4.39 Å². The number of aryl methyl sites for hydroxylation is 2. The molecule has 0 bridgehead atoms. The minimum Gasteiger partial charge on any atom is -0.348 e. The third-order valence-corrected chi connectivity index (χ3v) is 3.01. The molecule has 0 heterocycles. The summed E-state index contributed by atoms with van der Waals surface area (Å²) in [6.07, 6.45) is 0. The van der Waals surface area contributed by atoms with Crippen molar-refractivity contribution in [2.75, 3.05) is 0 Å². The van der Waals surface area contributed by atoms with Crippen LogP contribution in [0.3, 0.4) is 0 Å². The SMILES string of the molecule is Cc1ccc(CNC(=O)c2ccc(F)cc2C)cc1. The Morgan fingerprint density at radius 3 is 2.42 bits per heavy atom. The molecule has 19 heavy (non-hydrogen) atoms. The molecule has 0 saturated carbocycles. The minimum atomic E-state index is -0.326. The van der Waals surface area contributed by atoms with Crippen molar-refractivity contribution in [3.63, 3.8) is 0 Å². The highest BCUT2D eigenvalue weighted by Crippen LogP contribution is 2.10. The van der Waals surface area contributed by atoms with E-state index in [0.717, 1.165) is 5.56 Å². The van der Waals surface area contributed by atoms with Crippen molar-refractivity contribution in [1.82, 2.24) is 5.32 Å². The van der Waals surface area contributed by atoms with Gasteiger partial charge in [0.2, 0.25) is 0 Å². The second-order valence-corrected chi connectivity index (χ2v) is 4.63. The Balaban J connectivity index is 2.03. The molecule has 0 aromatic heterocycles. The molecule has 0 aliphatic rings. The molecule has 2 aromatic carbocycles.